The highest BCUT2D eigenvalue weighted by molar-refractivity contribution is 9.10. The molecule has 1 aromatic heterocycles. The molecule has 1 fully saturated rings. The first-order valence-electron chi connectivity index (χ1n) is 8.95. The Labute approximate surface area is 172 Å². The van der Waals surface area contributed by atoms with E-state index in [1.807, 2.05) is 52.3 Å². The average Bonchev–Trinajstić information content (AvgIpc) is 2.70. The van der Waals surface area contributed by atoms with Crippen LogP contribution in [0.5, 0.6) is 0 Å². The fourth-order valence-electron chi connectivity index (χ4n) is 2.92. The molecule has 2 heterocycles. The zero-order chi connectivity index (χ0) is 19.1. The van der Waals surface area contributed by atoms with Crippen LogP contribution in [0.15, 0.2) is 58.0 Å². The lowest BCUT2D eigenvalue weighted by Gasteiger charge is -2.34. The molecule has 7 heteroatoms. The van der Waals surface area contributed by atoms with E-state index >= 15 is 0 Å². The van der Waals surface area contributed by atoms with Crippen LogP contribution in [0.1, 0.15) is 12.1 Å². The fraction of sp³-hybridized carbons (Fsp3) is 0.350. The fourth-order valence-corrected chi connectivity index (χ4v) is 4.03. The third-order valence-electron chi connectivity index (χ3n) is 4.44. The molecule has 0 radical (unpaired) electrons. The summed E-state index contributed by atoms with van der Waals surface area (Å²) in [5.74, 6) is 1.00. The van der Waals surface area contributed by atoms with Crippen LogP contribution in [0.2, 0.25) is 0 Å². The number of hydrogen-bond acceptors (Lipinski definition) is 4. The van der Waals surface area contributed by atoms with Gasteiger partial charge in [-0.25, -0.2) is 0 Å². The van der Waals surface area contributed by atoms with E-state index in [1.54, 1.807) is 18.0 Å². The molecule has 0 unspecified atom stereocenters. The van der Waals surface area contributed by atoms with Crippen molar-refractivity contribution in [1.82, 2.24) is 14.8 Å². The first-order valence-corrected chi connectivity index (χ1v) is 10.7. The van der Waals surface area contributed by atoms with Gasteiger partial charge in [0.15, 0.2) is 0 Å². The van der Waals surface area contributed by atoms with E-state index in [2.05, 4.69) is 20.9 Å². The van der Waals surface area contributed by atoms with E-state index in [0.29, 0.717) is 39.0 Å². The van der Waals surface area contributed by atoms with Crippen LogP contribution in [0.4, 0.5) is 0 Å². The maximum Gasteiger partial charge on any atom is 0.228 e. The summed E-state index contributed by atoms with van der Waals surface area (Å²) in [6.45, 7) is 2.40. The summed E-state index contributed by atoms with van der Waals surface area (Å²) >= 11 is 5.11. The van der Waals surface area contributed by atoms with Gasteiger partial charge in [-0.05, 0) is 36.4 Å². The number of carbonyl (C=O) groups excluding carboxylic acids is 2. The third-order valence-corrected chi connectivity index (χ3v) is 5.98. The number of piperazine rings is 1. The van der Waals surface area contributed by atoms with Gasteiger partial charge < -0.3 is 9.80 Å². The van der Waals surface area contributed by atoms with Gasteiger partial charge in [-0.3, -0.25) is 14.6 Å². The van der Waals surface area contributed by atoms with Crippen LogP contribution in [-0.4, -0.2) is 58.5 Å². The summed E-state index contributed by atoms with van der Waals surface area (Å²) < 4.78 is 1.05. The van der Waals surface area contributed by atoms with Crippen molar-refractivity contribution in [2.24, 2.45) is 0 Å². The molecule has 2 aromatic rings. The Kier molecular flexibility index (Phi) is 7.29. The highest BCUT2D eigenvalue weighted by atomic mass is 79.9. The molecule has 1 saturated heterocycles. The Morgan fingerprint density at radius 2 is 1.63 bits per heavy atom. The summed E-state index contributed by atoms with van der Waals surface area (Å²) in [7, 11) is 0. The average molecular weight is 448 g/mol. The highest BCUT2D eigenvalue weighted by Gasteiger charge is 2.24. The van der Waals surface area contributed by atoms with Crippen molar-refractivity contribution in [3.05, 3.63) is 58.8 Å². The molecule has 1 aliphatic heterocycles. The predicted octanol–water partition coefficient (Wildman–Crippen LogP) is 3.24. The molecule has 0 N–H and O–H groups in total. The summed E-state index contributed by atoms with van der Waals surface area (Å²) in [6.07, 6.45) is 2.53. The van der Waals surface area contributed by atoms with Gasteiger partial charge in [0, 0.05) is 59.6 Å². The normalized spacial score (nSPS) is 14.3. The quantitative estimate of drug-likeness (QED) is 0.637. The monoisotopic (exact) mass is 447 g/mol. The Bertz CT molecular complexity index is 763. The number of carbonyl (C=O) groups is 2. The maximum atomic E-state index is 12.4. The summed E-state index contributed by atoms with van der Waals surface area (Å²) in [5.41, 5.74) is 0.783. The van der Waals surface area contributed by atoms with Crippen molar-refractivity contribution in [3.63, 3.8) is 0 Å². The zero-order valence-electron chi connectivity index (χ0n) is 15.0. The topological polar surface area (TPSA) is 53.5 Å². The molecule has 0 aliphatic carbocycles. The SMILES string of the molecule is O=C(CCSc1ccc(Br)cc1)N1CCN(C(=O)Cc2ccccn2)CC1. The number of amides is 2. The molecule has 0 saturated carbocycles. The highest BCUT2D eigenvalue weighted by Crippen LogP contribution is 2.21. The summed E-state index contributed by atoms with van der Waals surface area (Å²) in [6, 6.07) is 13.7. The van der Waals surface area contributed by atoms with E-state index in [0.717, 1.165) is 20.8 Å². The second-order valence-electron chi connectivity index (χ2n) is 6.31. The molecule has 5 nitrogen and oxygen atoms in total. The molecule has 1 aromatic carbocycles. The van der Waals surface area contributed by atoms with Crippen molar-refractivity contribution in [1.29, 1.82) is 0 Å². The smallest absolute Gasteiger partial charge is 0.228 e. The predicted molar refractivity (Wildman–Crippen MR) is 111 cm³/mol. The number of hydrogen-bond donors (Lipinski definition) is 0. The van der Waals surface area contributed by atoms with Crippen LogP contribution in [0.25, 0.3) is 0 Å². The lowest BCUT2D eigenvalue weighted by Crippen LogP contribution is -2.51. The first kappa shape index (κ1) is 19.9. The number of benzene rings is 1. The lowest BCUT2D eigenvalue weighted by atomic mass is 10.2. The second kappa shape index (κ2) is 9.90. The molecule has 142 valence electrons. The van der Waals surface area contributed by atoms with Gasteiger partial charge in [0.1, 0.15) is 0 Å². The largest absolute Gasteiger partial charge is 0.339 e. The number of nitrogens with zero attached hydrogens (tertiary/aromatic N) is 3. The Morgan fingerprint density at radius 3 is 2.26 bits per heavy atom. The summed E-state index contributed by atoms with van der Waals surface area (Å²) in [5, 5.41) is 0. The van der Waals surface area contributed by atoms with Crippen LogP contribution in [0, 0.1) is 0 Å². The van der Waals surface area contributed by atoms with Gasteiger partial charge in [0.25, 0.3) is 0 Å². The minimum absolute atomic E-state index is 0.0755. The Hall–Kier alpha value is -1.86. The minimum atomic E-state index is 0.0755. The number of halogens is 1. The third kappa shape index (κ3) is 6.07. The number of pyridine rings is 1. The van der Waals surface area contributed by atoms with E-state index in [-0.39, 0.29) is 11.8 Å². The van der Waals surface area contributed by atoms with Gasteiger partial charge in [0.2, 0.25) is 11.8 Å². The van der Waals surface area contributed by atoms with Crippen molar-refractivity contribution < 1.29 is 9.59 Å². The molecule has 2 amide bonds. The standard InChI is InChI=1S/C20H22BrN3O2S/c21-16-4-6-18(7-5-16)27-14-8-19(25)23-10-12-24(13-11-23)20(26)15-17-3-1-2-9-22-17/h1-7,9H,8,10-15H2. The van der Waals surface area contributed by atoms with Crippen LogP contribution in [0.3, 0.4) is 0 Å². The second-order valence-corrected chi connectivity index (χ2v) is 8.40. The molecule has 0 bridgehead atoms. The van der Waals surface area contributed by atoms with E-state index in [9.17, 15) is 9.59 Å². The molecular formula is C20H22BrN3O2S. The van der Waals surface area contributed by atoms with E-state index in [1.165, 1.54) is 0 Å². The summed E-state index contributed by atoms with van der Waals surface area (Å²) in [4.78, 5) is 33.8. The molecular weight excluding hydrogens is 426 g/mol. The number of aromatic nitrogens is 1. The van der Waals surface area contributed by atoms with E-state index < -0.39 is 0 Å². The molecule has 0 spiro atoms. The van der Waals surface area contributed by atoms with E-state index in [4.69, 9.17) is 0 Å². The lowest BCUT2D eigenvalue weighted by molar-refractivity contribution is -0.139. The molecule has 1 aliphatic rings. The van der Waals surface area contributed by atoms with Crippen molar-refractivity contribution in [3.8, 4) is 0 Å². The van der Waals surface area contributed by atoms with Gasteiger partial charge in [0.05, 0.1) is 6.42 Å². The van der Waals surface area contributed by atoms with Crippen LogP contribution >= 0.6 is 27.7 Å². The van der Waals surface area contributed by atoms with Crippen molar-refractivity contribution in [2.45, 2.75) is 17.7 Å². The molecule has 0 atom stereocenters. The van der Waals surface area contributed by atoms with Gasteiger partial charge >= 0.3 is 0 Å². The van der Waals surface area contributed by atoms with Gasteiger partial charge in [-0.1, -0.05) is 22.0 Å². The Morgan fingerprint density at radius 1 is 0.963 bits per heavy atom. The van der Waals surface area contributed by atoms with Crippen molar-refractivity contribution in [2.75, 3.05) is 31.9 Å². The van der Waals surface area contributed by atoms with Crippen LogP contribution < -0.4 is 0 Å². The Balaban J connectivity index is 1.38. The number of thioether (sulfide) groups is 1. The van der Waals surface area contributed by atoms with Crippen LogP contribution in [-0.2, 0) is 16.0 Å². The van der Waals surface area contributed by atoms with Gasteiger partial charge in [-0.15, -0.1) is 11.8 Å². The van der Waals surface area contributed by atoms with Gasteiger partial charge in [-0.2, -0.15) is 0 Å². The molecule has 3 rings (SSSR count). The zero-order valence-corrected chi connectivity index (χ0v) is 17.4. The molecule has 27 heavy (non-hydrogen) atoms. The minimum Gasteiger partial charge on any atom is -0.339 e. The first-order chi connectivity index (χ1) is 13.1. The number of rotatable bonds is 6. The van der Waals surface area contributed by atoms with Crippen molar-refractivity contribution >= 4 is 39.5 Å². The maximum absolute atomic E-state index is 12.4.